The third-order valence-corrected chi connectivity index (χ3v) is 2.52. The highest BCUT2D eigenvalue weighted by atomic mass is 35.5. The smallest absolute Gasteiger partial charge is 0.378 e. The van der Waals surface area contributed by atoms with E-state index in [1.54, 1.807) is 0 Å². The predicted molar refractivity (Wildman–Crippen MR) is 52.8 cm³/mol. The van der Waals surface area contributed by atoms with Gasteiger partial charge in [0.15, 0.2) is 0 Å². The van der Waals surface area contributed by atoms with Crippen LogP contribution < -0.4 is 9.16 Å². The normalized spacial score (nSPS) is 9.47. The first-order valence-electron chi connectivity index (χ1n) is 3.63. The number of aromatic nitrogens is 1. The number of thiazole rings is 1. The number of rotatable bonds is 3. The zero-order valence-corrected chi connectivity index (χ0v) is 9.04. The summed E-state index contributed by atoms with van der Waals surface area (Å²) in [5, 5.41) is 1.52. The first kappa shape index (κ1) is 11.6. The number of amides is 1. The summed E-state index contributed by atoms with van der Waals surface area (Å²) in [4.78, 5) is 35.1. The van der Waals surface area contributed by atoms with Crippen LogP contribution in [0.15, 0.2) is 5.38 Å². The molecular formula is C7H5ClN2O4S. The van der Waals surface area contributed by atoms with Crippen molar-refractivity contribution in [3.63, 3.8) is 0 Å². The number of halogens is 1. The average Bonchev–Trinajstić information content (AvgIpc) is 2.64. The van der Waals surface area contributed by atoms with Crippen LogP contribution >= 0.6 is 23.1 Å². The minimum absolute atomic E-state index is 0.0163. The van der Waals surface area contributed by atoms with E-state index in [0.717, 1.165) is 15.8 Å². The quantitative estimate of drug-likeness (QED) is 0.342. The molecule has 0 aliphatic carbocycles. The van der Waals surface area contributed by atoms with Crippen molar-refractivity contribution in [3.05, 3.63) is 5.38 Å². The number of hydrogen-bond donors (Lipinski definition) is 0. The lowest BCUT2D eigenvalue weighted by molar-refractivity contribution is -0.141. The summed E-state index contributed by atoms with van der Waals surface area (Å²) in [6.07, 6.45) is 0.0163. The number of esters is 1. The topological polar surface area (TPSA) is 76.6 Å². The Morgan fingerprint density at radius 1 is 1.67 bits per heavy atom. The number of ether oxygens (including phenoxy) is 1. The Hall–Kier alpha value is -1.47. The summed E-state index contributed by atoms with van der Waals surface area (Å²) in [5.41, 5.74) is 0. The number of aldehydes is 1. The number of anilines is 1. The molecule has 0 aliphatic rings. The van der Waals surface area contributed by atoms with Gasteiger partial charge in [0.2, 0.25) is 23.2 Å². The van der Waals surface area contributed by atoms with E-state index in [0.29, 0.717) is 0 Å². The Labute approximate surface area is 93.5 Å². The molecular weight excluding hydrogens is 244 g/mol. The third kappa shape index (κ3) is 3.00. The van der Waals surface area contributed by atoms with Gasteiger partial charge in [-0.1, -0.05) is 11.3 Å². The Bertz CT molecular complexity index is 405. The average molecular weight is 249 g/mol. The van der Waals surface area contributed by atoms with E-state index in [9.17, 15) is 14.4 Å². The first-order chi connectivity index (χ1) is 7.04. The molecule has 0 atom stereocenters. The van der Waals surface area contributed by atoms with Crippen molar-refractivity contribution in [2.24, 2.45) is 0 Å². The largest absolute Gasteiger partial charge is 0.401 e. The van der Waals surface area contributed by atoms with Crippen LogP contribution in [0.5, 0.6) is 5.88 Å². The van der Waals surface area contributed by atoms with Crippen LogP contribution in [-0.4, -0.2) is 23.1 Å². The summed E-state index contributed by atoms with van der Waals surface area (Å²) >= 11 is 6.55. The lowest BCUT2D eigenvalue weighted by atomic mass is 10.7. The van der Waals surface area contributed by atoms with Crippen LogP contribution in [0.1, 0.15) is 6.92 Å². The Kier molecular flexibility index (Phi) is 3.75. The third-order valence-electron chi connectivity index (χ3n) is 1.22. The second-order valence-electron chi connectivity index (χ2n) is 2.31. The van der Waals surface area contributed by atoms with Gasteiger partial charge in [-0.3, -0.25) is 9.59 Å². The SMILES string of the molecule is CC(=O)N(Cl)c1nc(OC(=O)C=O)cs1. The molecule has 1 aromatic heterocycles. The molecule has 1 rings (SSSR count). The van der Waals surface area contributed by atoms with Crippen molar-refractivity contribution in [3.8, 4) is 5.88 Å². The lowest BCUT2D eigenvalue weighted by Gasteiger charge is -2.04. The molecule has 0 radical (unpaired) electrons. The molecule has 0 saturated heterocycles. The van der Waals surface area contributed by atoms with Gasteiger partial charge in [0.1, 0.15) is 0 Å². The maximum absolute atomic E-state index is 10.8. The van der Waals surface area contributed by atoms with Crippen molar-refractivity contribution in [1.82, 2.24) is 4.98 Å². The number of hydrogen-bond acceptors (Lipinski definition) is 6. The second-order valence-corrected chi connectivity index (χ2v) is 3.48. The Morgan fingerprint density at radius 2 is 2.33 bits per heavy atom. The molecule has 1 heterocycles. The van der Waals surface area contributed by atoms with Gasteiger partial charge in [0, 0.05) is 18.7 Å². The van der Waals surface area contributed by atoms with Gasteiger partial charge in [-0.05, 0) is 0 Å². The van der Waals surface area contributed by atoms with Crippen LogP contribution in [0.3, 0.4) is 0 Å². The summed E-state index contributed by atoms with van der Waals surface area (Å²) in [6, 6.07) is 0. The number of carbonyl (C=O) groups excluding carboxylic acids is 3. The molecule has 0 spiro atoms. The van der Waals surface area contributed by atoms with E-state index >= 15 is 0 Å². The van der Waals surface area contributed by atoms with Crippen LogP contribution in [0.2, 0.25) is 0 Å². The van der Waals surface area contributed by atoms with Crippen molar-refractivity contribution >= 4 is 46.4 Å². The van der Waals surface area contributed by atoms with Crippen molar-refractivity contribution in [2.45, 2.75) is 6.92 Å². The fourth-order valence-electron chi connectivity index (χ4n) is 0.649. The van der Waals surface area contributed by atoms with Crippen molar-refractivity contribution in [1.29, 1.82) is 0 Å². The van der Waals surface area contributed by atoms with Gasteiger partial charge in [0.25, 0.3) is 0 Å². The molecule has 0 N–H and O–H groups in total. The highest BCUT2D eigenvalue weighted by molar-refractivity contribution is 7.14. The van der Waals surface area contributed by atoms with Gasteiger partial charge in [-0.15, -0.1) is 0 Å². The maximum atomic E-state index is 10.8. The Morgan fingerprint density at radius 3 is 2.87 bits per heavy atom. The highest BCUT2D eigenvalue weighted by Gasteiger charge is 2.14. The number of nitrogens with zero attached hydrogens (tertiary/aromatic N) is 2. The van der Waals surface area contributed by atoms with Gasteiger partial charge in [-0.25, -0.2) is 4.79 Å². The van der Waals surface area contributed by atoms with Gasteiger partial charge < -0.3 is 4.74 Å². The minimum atomic E-state index is -1.06. The van der Waals surface area contributed by atoms with Crippen LogP contribution in [0.4, 0.5) is 5.13 Å². The molecule has 0 fully saturated rings. The predicted octanol–water partition coefficient (Wildman–Crippen LogP) is 0.754. The molecule has 0 saturated carbocycles. The first-order valence-corrected chi connectivity index (χ1v) is 4.85. The second kappa shape index (κ2) is 4.85. The Balaban J connectivity index is 2.76. The van der Waals surface area contributed by atoms with Crippen molar-refractivity contribution in [2.75, 3.05) is 4.42 Å². The van der Waals surface area contributed by atoms with E-state index in [1.165, 1.54) is 12.3 Å². The molecule has 1 aromatic rings. The van der Waals surface area contributed by atoms with E-state index < -0.39 is 11.9 Å². The molecule has 15 heavy (non-hydrogen) atoms. The van der Waals surface area contributed by atoms with Crippen LogP contribution in [0, 0.1) is 0 Å². The van der Waals surface area contributed by atoms with Gasteiger partial charge in [-0.2, -0.15) is 9.40 Å². The maximum Gasteiger partial charge on any atom is 0.378 e. The summed E-state index contributed by atoms with van der Waals surface area (Å²) in [7, 11) is 0. The summed E-state index contributed by atoms with van der Waals surface area (Å²) in [6.45, 7) is 1.26. The molecule has 8 heteroatoms. The van der Waals surface area contributed by atoms with E-state index in [4.69, 9.17) is 11.8 Å². The lowest BCUT2D eigenvalue weighted by Crippen LogP contribution is -2.16. The summed E-state index contributed by atoms with van der Waals surface area (Å²) < 4.78 is 5.25. The van der Waals surface area contributed by atoms with Crippen LogP contribution in [0.25, 0.3) is 0 Å². The van der Waals surface area contributed by atoms with E-state index in [1.807, 2.05) is 0 Å². The summed E-state index contributed by atoms with van der Waals surface area (Å²) in [5.74, 6) is -1.55. The van der Waals surface area contributed by atoms with E-state index in [-0.39, 0.29) is 17.3 Å². The number of carbonyl (C=O) groups is 3. The van der Waals surface area contributed by atoms with Gasteiger partial charge in [0.05, 0.1) is 5.38 Å². The fraction of sp³-hybridized carbons (Fsp3) is 0.143. The molecule has 1 amide bonds. The zero-order chi connectivity index (χ0) is 11.4. The van der Waals surface area contributed by atoms with Crippen LogP contribution in [-0.2, 0) is 14.4 Å². The molecule has 6 nitrogen and oxygen atoms in total. The molecule has 0 aliphatic heterocycles. The minimum Gasteiger partial charge on any atom is -0.401 e. The van der Waals surface area contributed by atoms with Crippen molar-refractivity contribution < 1.29 is 19.1 Å². The molecule has 80 valence electrons. The fourth-order valence-corrected chi connectivity index (χ4v) is 1.48. The molecule has 0 unspecified atom stereocenters. The van der Waals surface area contributed by atoms with E-state index in [2.05, 4.69) is 9.72 Å². The monoisotopic (exact) mass is 248 g/mol. The molecule has 0 aromatic carbocycles. The standard InChI is InChI=1S/C7H5ClN2O4S/c1-4(12)10(8)7-9-5(3-15-7)14-6(13)2-11/h2-3H,1H3. The highest BCUT2D eigenvalue weighted by Crippen LogP contribution is 2.26. The zero-order valence-electron chi connectivity index (χ0n) is 7.47. The molecule has 0 bridgehead atoms. The van der Waals surface area contributed by atoms with Gasteiger partial charge >= 0.3 is 5.97 Å².